The lowest BCUT2D eigenvalue weighted by Gasteiger charge is -2.16. The van der Waals surface area contributed by atoms with Gasteiger partial charge < -0.3 is 20.5 Å². The summed E-state index contributed by atoms with van der Waals surface area (Å²) in [6.45, 7) is 1.33. The van der Waals surface area contributed by atoms with E-state index < -0.39 is 24.0 Å². The van der Waals surface area contributed by atoms with Crippen LogP contribution < -0.4 is 5.32 Å². The minimum Gasteiger partial charge on any atom is -0.480 e. The summed E-state index contributed by atoms with van der Waals surface area (Å²) >= 11 is 0. The number of hydrogen-bond acceptors (Lipinski definition) is 3. The van der Waals surface area contributed by atoms with Gasteiger partial charge in [-0.05, 0) is 25.0 Å². The molecule has 1 aromatic carbocycles. The molecule has 0 saturated carbocycles. The zero-order chi connectivity index (χ0) is 15.4. The third-order valence-corrected chi connectivity index (χ3v) is 3.36. The molecule has 0 bridgehead atoms. The van der Waals surface area contributed by atoms with E-state index in [1.54, 1.807) is 0 Å². The normalized spacial score (nSPS) is 13.8. The fourth-order valence-electron chi connectivity index (χ4n) is 2.22. The van der Waals surface area contributed by atoms with Gasteiger partial charge >= 0.3 is 5.97 Å². The van der Waals surface area contributed by atoms with Gasteiger partial charge in [-0.1, -0.05) is 18.2 Å². The van der Waals surface area contributed by atoms with Crippen LogP contribution in [0.4, 0.5) is 0 Å². The van der Waals surface area contributed by atoms with E-state index in [4.69, 9.17) is 5.11 Å². The van der Waals surface area contributed by atoms with Crippen molar-refractivity contribution < 1.29 is 19.8 Å². The Balaban J connectivity index is 1.96. The third kappa shape index (κ3) is 3.61. The van der Waals surface area contributed by atoms with E-state index in [9.17, 15) is 14.7 Å². The average Bonchev–Trinajstić information content (AvgIpc) is 2.85. The number of H-pyrrole nitrogens is 1. The first kappa shape index (κ1) is 15.1. The summed E-state index contributed by atoms with van der Waals surface area (Å²) in [5.74, 6) is -1.64. The molecule has 0 aliphatic carbocycles. The van der Waals surface area contributed by atoms with Crippen molar-refractivity contribution in [2.24, 2.45) is 0 Å². The first-order valence-electron chi connectivity index (χ1n) is 6.74. The summed E-state index contributed by atoms with van der Waals surface area (Å²) < 4.78 is 0. The number of carbonyl (C=O) groups excluding carboxylic acids is 1. The summed E-state index contributed by atoms with van der Waals surface area (Å²) in [5, 5.41) is 21.6. The van der Waals surface area contributed by atoms with Crippen molar-refractivity contribution in [3.8, 4) is 0 Å². The summed E-state index contributed by atoms with van der Waals surface area (Å²) in [6.07, 6.45) is 1.38. The maximum absolute atomic E-state index is 11.8. The van der Waals surface area contributed by atoms with Crippen molar-refractivity contribution in [3.05, 3.63) is 36.0 Å². The van der Waals surface area contributed by atoms with Crippen LogP contribution in [0.3, 0.4) is 0 Å². The number of aromatic nitrogens is 1. The fraction of sp³-hybridized carbons (Fsp3) is 0.333. The number of aliphatic hydroxyl groups excluding tert-OH is 1. The van der Waals surface area contributed by atoms with Crippen LogP contribution >= 0.6 is 0 Å². The topological polar surface area (TPSA) is 102 Å². The van der Waals surface area contributed by atoms with Crippen LogP contribution in [0.25, 0.3) is 10.9 Å². The molecule has 21 heavy (non-hydrogen) atoms. The number of carbonyl (C=O) groups is 2. The second-order valence-corrected chi connectivity index (χ2v) is 4.98. The molecular formula is C15H18N2O4. The van der Waals surface area contributed by atoms with E-state index >= 15 is 0 Å². The van der Waals surface area contributed by atoms with E-state index in [0.29, 0.717) is 6.42 Å². The van der Waals surface area contributed by atoms with E-state index in [1.165, 1.54) is 6.92 Å². The lowest BCUT2D eigenvalue weighted by Crippen LogP contribution is -2.47. The van der Waals surface area contributed by atoms with Gasteiger partial charge in [-0.15, -0.1) is 0 Å². The molecule has 6 nitrogen and oxygen atoms in total. The Morgan fingerprint density at radius 1 is 1.33 bits per heavy atom. The van der Waals surface area contributed by atoms with Gasteiger partial charge in [0.25, 0.3) is 0 Å². The molecule has 0 aliphatic heterocycles. The second kappa shape index (κ2) is 6.41. The number of aliphatic hydroxyl groups is 1. The van der Waals surface area contributed by atoms with E-state index in [-0.39, 0.29) is 6.42 Å². The molecule has 1 amide bonds. The molecule has 0 saturated heterocycles. The third-order valence-electron chi connectivity index (χ3n) is 3.36. The van der Waals surface area contributed by atoms with Gasteiger partial charge in [-0.25, -0.2) is 4.79 Å². The molecule has 1 heterocycles. The zero-order valence-corrected chi connectivity index (χ0v) is 11.7. The number of nitrogens with one attached hydrogen (secondary N) is 2. The Hall–Kier alpha value is -2.34. The zero-order valence-electron chi connectivity index (χ0n) is 11.7. The number of aliphatic carboxylic acids is 1. The van der Waals surface area contributed by atoms with Crippen molar-refractivity contribution in [3.63, 3.8) is 0 Å². The highest BCUT2D eigenvalue weighted by molar-refractivity contribution is 5.86. The van der Waals surface area contributed by atoms with Gasteiger partial charge in [-0.3, -0.25) is 4.79 Å². The summed E-state index contributed by atoms with van der Waals surface area (Å²) in [6, 6.07) is 6.49. The molecule has 0 spiro atoms. The van der Waals surface area contributed by atoms with Crippen LogP contribution in [0.15, 0.2) is 30.5 Å². The Morgan fingerprint density at radius 2 is 2.05 bits per heavy atom. The minimum absolute atomic E-state index is 0.165. The molecular weight excluding hydrogens is 272 g/mol. The number of carboxylic acid groups (broad SMARTS) is 1. The Bertz CT molecular complexity index is 648. The molecule has 0 radical (unpaired) electrons. The van der Waals surface area contributed by atoms with Crippen LogP contribution in [-0.2, 0) is 16.0 Å². The molecule has 6 heteroatoms. The lowest BCUT2D eigenvalue weighted by molar-refractivity contribution is -0.144. The van der Waals surface area contributed by atoms with Crippen molar-refractivity contribution in [1.29, 1.82) is 0 Å². The molecule has 4 N–H and O–H groups in total. The largest absolute Gasteiger partial charge is 0.480 e. The van der Waals surface area contributed by atoms with Crippen molar-refractivity contribution in [2.75, 3.05) is 0 Å². The maximum Gasteiger partial charge on any atom is 0.328 e. The molecule has 2 aromatic rings. The van der Waals surface area contributed by atoms with Gasteiger partial charge in [0.2, 0.25) is 5.91 Å². The highest BCUT2D eigenvalue weighted by Gasteiger charge is 2.24. The van der Waals surface area contributed by atoms with Crippen LogP contribution in [0.1, 0.15) is 18.9 Å². The van der Waals surface area contributed by atoms with Gasteiger partial charge in [0, 0.05) is 23.5 Å². The predicted octanol–water partition coefficient (Wildman–Crippen LogP) is 1.05. The highest BCUT2D eigenvalue weighted by Crippen LogP contribution is 2.18. The van der Waals surface area contributed by atoms with Crippen LogP contribution in [-0.4, -0.2) is 39.2 Å². The monoisotopic (exact) mass is 290 g/mol. The number of rotatable bonds is 6. The summed E-state index contributed by atoms with van der Waals surface area (Å²) in [4.78, 5) is 25.8. The highest BCUT2D eigenvalue weighted by atomic mass is 16.4. The first-order chi connectivity index (χ1) is 9.99. The number of fused-ring (bicyclic) bond motifs is 1. The summed E-state index contributed by atoms with van der Waals surface area (Å²) in [7, 11) is 0. The second-order valence-electron chi connectivity index (χ2n) is 4.98. The Morgan fingerprint density at radius 3 is 2.71 bits per heavy atom. The SMILES string of the molecule is C[C@H](O)[C@@H](NC(=O)CCc1c[nH]c2ccccc12)C(=O)O. The molecule has 112 valence electrons. The van der Waals surface area contributed by atoms with E-state index in [1.807, 2.05) is 30.5 Å². The van der Waals surface area contributed by atoms with Gasteiger partial charge in [0.1, 0.15) is 0 Å². The van der Waals surface area contributed by atoms with E-state index in [2.05, 4.69) is 10.3 Å². The smallest absolute Gasteiger partial charge is 0.328 e. The quantitative estimate of drug-likeness (QED) is 0.638. The number of aromatic amines is 1. The predicted molar refractivity (Wildman–Crippen MR) is 77.9 cm³/mol. The van der Waals surface area contributed by atoms with Crippen molar-refractivity contribution >= 4 is 22.8 Å². The summed E-state index contributed by atoms with van der Waals surface area (Å²) in [5.41, 5.74) is 2.00. The van der Waals surface area contributed by atoms with Gasteiger partial charge in [0.15, 0.2) is 6.04 Å². The van der Waals surface area contributed by atoms with Crippen LogP contribution in [0, 0.1) is 0 Å². The van der Waals surface area contributed by atoms with Crippen LogP contribution in [0.2, 0.25) is 0 Å². The Labute approximate surface area is 121 Å². The molecule has 0 fully saturated rings. The Kier molecular flexibility index (Phi) is 4.59. The van der Waals surface area contributed by atoms with Crippen molar-refractivity contribution in [2.45, 2.75) is 31.9 Å². The van der Waals surface area contributed by atoms with Crippen molar-refractivity contribution in [1.82, 2.24) is 10.3 Å². The number of aryl methyl sites for hydroxylation is 1. The lowest BCUT2D eigenvalue weighted by atomic mass is 10.1. The fourth-order valence-corrected chi connectivity index (χ4v) is 2.22. The molecule has 0 aliphatic rings. The number of hydrogen-bond donors (Lipinski definition) is 4. The number of amides is 1. The average molecular weight is 290 g/mol. The first-order valence-corrected chi connectivity index (χ1v) is 6.74. The number of benzene rings is 1. The minimum atomic E-state index is -1.28. The van der Waals surface area contributed by atoms with Crippen LogP contribution in [0.5, 0.6) is 0 Å². The molecule has 2 rings (SSSR count). The molecule has 0 unspecified atom stereocenters. The molecule has 2 atom stereocenters. The van der Waals surface area contributed by atoms with E-state index in [0.717, 1.165) is 16.5 Å². The van der Waals surface area contributed by atoms with Gasteiger partial charge in [0.05, 0.1) is 6.10 Å². The number of para-hydroxylation sites is 1. The maximum atomic E-state index is 11.8. The number of carboxylic acids is 1. The van der Waals surface area contributed by atoms with Gasteiger partial charge in [-0.2, -0.15) is 0 Å². The standard InChI is InChI=1S/C15H18N2O4/c1-9(18)14(15(20)21)17-13(19)7-6-10-8-16-12-5-3-2-4-11(10)12/h2-5,8-9,14,16,18H,6-7H2,1H3,(H,17,19)(H,20,21)/t9-,14+/m0/s1. The molecule has 1 aromatic heterocycles.